The SMILES string of the molecule is CCC(=O)Nc1ccc2oc(=O)ccc2c1. The summed E-state index contributed by atoms with van der Waals surface area (Å²) in [5.74, 6) is -0.0447. The van der Waals surface area contributed by atoms with Crippen LogP contribution >= 0.6 is 0 Å². The van der Waals surface area contributed by atoms with Gasteiger partial charge in [0.25, 0.3) is 0 Å². The molecule has 0 radical (unpaired) electrons. The van der Waals surface area contributed by atoms with Crippen LogP contribution in [0.2, 0.25) is 0 Å². The first-order valence-electron chi connectivity index (χ1n) is 5.03. The Morgan fingerprint density at radius 3 is 2.88 bits per heavy atom. The summed E-state index contributed by atoms with van der Waals surface area (Å²) in [7, 11) is 0. The summed E-state index contributed by atoms with van der Waals surface area (Å²) >= 11 is 0. The molecule has 0 saturated heterocycles. The summed E-state index contributed by atoms with van der Waals surface area (Å²) < 4.78 is 4.98. The number of carbonyl (C=O) groups excluding carboxylic acids is 1. The highest BCUT2D eigenvalue weighted by Gasteiger charge is 2.01. The van der Waals surface area contributed by atoms with Gasteiger partial charge in [0.2, 0.25) is 5.91 Å². The van der Waals surface area contributed by atoms with Crippen LogP contribution in [0.15, 0.2) is 39.5 Å². The van der Waals surface area contributed by atoms with Gasteiger partial charge in [-0.15, -0.1) is 0 Å². The van der Waals surface area contributed by atoms with E-state index in [9.17, 15) is 9.59 Å². The van der Waals surface area contributed by atoms with Crippen LogP contribution in [0.25, 0.3) is 11.0 Å². The molecule has 4 nitrogen and oxygen atoms in total. The zero-order valence-corrected chi connectivity index (χ0v) is 8.82. The lowest BCUT2D eigenvalue weighted by molar-refractivity contribution is -0.115. The molecular formula is C12H11NO3. The van der Waals surface area contributed by atoms with Gasteiger partial charge in [0.1, 0.15) is 5.58 Å². The van der Waals surface area contributed by atoms with E-state index >= 15 is 0 Å². The second-order valence-corrected chi connectivity index (χ2v) is 3.41. The summed E-state index contributed by atoms with van der Waals surface area (Å²) in [5.41, 5.74) is 0.841. The van der Waals surface area contributed by atoms with Crippen molar-refractivity contribution >= 4 is 22.6 Å². The predicted molar refractivity (Wildman–Crippen MR) is 61.4 cm³/mol. The van der Waals surface area contributed by atoms with Crippen LogP contribution in [0.3, 0.4) is 0 Å². The van der Waals surface area contributed by atoms with E-state index in [0.717, 1.165) is 5.39 Å². The van der Waals surface area contributed by atoms with Gasteiger partial charge in [-0.3, -0.25) is 4.79 Å². The van der Waals surface area contributed by atoms with Crippen LogP contribution in [-0.2, 0) is 4.79 Å². The highest BCUT2D eigenvalue weighted by atomic mass is 16.4. The fourth-order valence-electron chi connectivity index (χ4n) is 1.40. The van der Waals surface area contributed by atoms with Crippen molar-refractivity contribution in [1.82, 2.24) is 0 Å². The van der Waals surface area contributed by atoms with E-state index in [0.29, 0.717) is 17.7 Å². The molecule has 1 amide bonds. The highest BCUT2D eigenvalue weighted by Crippen LogP contribution is 2.17. The number of carbonyl (C=O) groups is 1. The number of hydrogen-bond donors (Lipinski definition) is 1. The largest absolute Gasteiger partial charge is 0.423 e. The molecule has 1 heterocycles. The molecule has 0 atom stereocenters. The lowest BCUT2D eigenvalue weighted by atomic mass is 10.2. The van der Waals surface area contributed by atoms with Crippen molar-refractivity contribution in [3.05, 3.63) is 40.8 Å². The molecular weight excluding hydrogens is 206 g/mol. The third-order valence-electron chi connectivity index (χ3n) is 2.22. The summed E-state index contributed by atoms with van der Waals surface area (Å²) in [6, 6.07) is 8.17. The molecule has 1 aromatic carbocycles. The third kappa shape index (κ3) is 2.11. The number of fused-ring (bicyclic) bond motifs is 1. The van der Waals surface area contributed by atoms with Gasteiger partial charge >= 0.3 is 5.63 Å². The Balaban J connectivity index is 2.40. The Kier molecular flexibility index (Phi) is 2.72. The molecule has 2 aromatic rings. The van der Waals surface area contributed by atoms with Crippen molar-refractivity contribution in [2.45, 2.75) is 13.3 Å². The summed E-state index contributed by atoms with van der Waals surface area (Å²) in [6.07, 6.45) is 0.432. The lowest BCUT2D eigenvalue weighted by Gasteiger charge is -2.04. The minimum absolute atomic E-state index is 0.0447. The van der Waals surface area contributed by atoms with Crippen LogP contribution < -0.4 is 10.9 Å². The molecule has 1 aromatic heterocycles. The molecule has 1 N–H and O–H groups in total. The lowest BCUT2D eigenvalue weighted by Crippen LogP contribution is -2.09. The number of benzene rings is 1. The zero-order chi connectivity index (χ0) is 11.5. The summed E-state index contributed by atoms with van der Waals surface area (Å²) in [4.78, 5) is 22.1. The van der Waals surface area contributed by atoms with Gasteiger partial charge in [-0.2, -0.15) is 0 Å². The van der Waals surface area contributed by atoms with E-state index in [2.05, 4.69) is 5.32 Å². The predicted octanol–water partition coefficient (Wildman–Crippen LogP) is 2.14. The van der Waals surface area contributed by atoms with E-state index < -0.39 is 0 Å². The maximum atomic E-state index is 11.2. The molecule has 82 valence electrons. The van der Waals surface area contributed by atoms with Crippen LogP contribution in [0.5, 0.6) is 0 Å². The van der Waals surface area contributed by atoms with Gasteiger partial charge in [0.15, 0.2) is 0 Å². The zero-order valence-electron chi connectivity index (χ0n) is 8.82. The van der Waals surface area contributed by atoms with Crippen molar-refractivity contribution in [3.63, 3.8) is 0 Å². The van der Waals surface area contributed by atoms with Gasteiger partial charge in [-0.1, -0.05) is 6.92 Å². The molecule has 0 aliphatic rings. The van der Waals surface area contributed by atoms with Crippen LogP contribution in [0.1, 0.15) is 13.3 Å². The van der Waals surface area contributed by atoms with Gasteiger partial charge in [0.05, 0.1) is 0 Å². The summed E-state index contributed by atoms with van der Waals surface area (Å²) in [6.45, 7) is 1.79. The second-order valence-electron chi connectivity index (χ2n) is 3.41. The first-order valence-corrected chi connectivity index (χ1v) is 5.03. The fraction of sp³-hybridized carbons (Fsp3) is 0.167. The van der Waals surface area contributed by atoms with E-state index in [1.165, 1.54) is 6.07 Å². The standard InChI is InChI=1S/C12H11NO3/c1-2-11(14)13-9-4-5-10-8(7-9)3-6-12(15)16-10/h3-7H,2H2,1H3,(H,13,14). The topological polar surface area (TPSA) is 59.3 Å². The maximum Gasteiger partial charge on any atom is 0.336 e. The molecule has 0 bridgehead atoms. The first-order chi connectivity index (χ1) is 7.69. The van der Waals surface area contributed by atoms with Crippen molar-refractivity contribution in [1.29, 1.82) is 0 Å². The van der Waals surface area contributed by atoms with Crippen molar-refractivity contribution in [2.75, 3.05) is 5.32 Å². The van der Waals surface area contributed by atoms with Crippen LogP contribution in [0, 0.1) is 0 Å². The second kappa shape index (κ2) is 4.18. The van der Waals surface area contributed by atoms with Crippen LogP contribution in [0.4, 0.5) is 5.69 Å². The van der Waals surface area contributed by atoms with Gasteiger partial charge in [0, 0.05) is 23.6 Å². The van der Waals surface area contributed by atoms with Gasteiger partial charge in [-0.25, -0.2) is 4.79 Å². The minimum atomic E-state index is -0.377. The minimum Gasteiger partial charge on any atom is -0.423 e. The Hall–Kier alpha value is -2.10. The molecule has 16 heavy (non-hydrogen) atoms. The van der Waals surface area contributed by atoms with E-state index in [-0.39, 0.29) is 11.5 Å². The van der Waals surface area contributed by atoms with Gasteiger partial charge in [-0.05, 0) is 24.3 Å². The Bertz CT molecular complexity index is 586. The summed E-state index contributed by atoms with van der Waals surface area (Å²) in [5, 5.41) is 3.53. The number of amides is 1. The smallest absolute Gasteiger partial charge is 0.336 e. The molecule has 0 saturated carbocycles. The van der Waals surface area contributed by atoms with Crippen molar-refractivity contribution < 1.29 is 9.21 Å². The quantitative estimate of drug-likeness (QED) is 0.784. The molecule has 0 aliphatic carbocycles. The molecule has 0 fully saturated rings. The van der Waals surface area contributed by atoms with E-state index in [1.807, 2.05) is 0 Å². The molecule has 0 aliphatic heterocycles. The number of rotatable bonds is 2. The molecule has 4 heteroatoms. The Morgan fingerprint density at radius 1 is 1.31 bits per heavy atom. The van der Waals surface area contributed by atoms with Crippen LogP contribution in [-0.4, -0.2) is 5.91 Å². The fourth-order valence-corrected chi connectivity index (χ4v) is 1.40. The average Bonchev–Trinajstić information content (AvgIpc) is 2.29. The number of hydrogen-bond acceptors (Lipinski definition) is 3. The number of anilines is 1. The maximum absolute atomic E-state index is 11.2. The average molecular weight is 217 g/mol. The first kappa shape index (κ1) is 10.4. The Labute approximate surface area is 91.9 Å². The van der Waals surface area contributed by atoms with Crippen molar-refractivity contribution in [3.8, 4) is 0 Å². The Morgan fingerprint density at radius 2 is 2.12 bits per heavy atom. The van der Waals surface area contributed by atoms with E-state index in [4.69, 9.17) is 4.42 Å². The normalized spacial score (nSPS) is 10.3. The molecule has 0 spiro atoms. The third-order valence-corrected chi connectivity index (χ3v) is 2.22. The molecule has 0 unspecified atom stereocenters. The highest BCUT2D eigenvalue weighted by molar-refractivity contribution is 5.93. The monoisotopic (exact) mass is 217 g/mol. The van der Waals surface area contributed by atoms with E-state index in [1.54, 1.807) is 31.2 Å². The number of nitrogens with one attached hydrogen (secondary N) is 1. The molecule has 2 rings (SSSR count). The van der Waals surface area contributed by atoms with Gasteiger partial charge < -0.3 is 9.73 Å². The van der Waals surface area contributed by atoms with Crippen molar-refractivity contribution in [2.24, 2.45) is 0 Å².